The van der Waals surface area contributed by atoms with Gasteiger partial charge in [0.2, 0.25) is 0 Å². The Morgan fingerprint density at radius 2 is 1.46 bits per heavy atom. The minimum absolute atomic E-state index is 0.115. The van der Waals surface area contributed by atoms with Gasteiger partial charge in [0.1, 0.15) is 22.9 Å². The second-order valence-corrected chi connectivity index (χ2v) is 5.75. The highest BCUT2D eigenvalue weighted by Crippen LogP contribution is 2.23. The predicted octanol–water partition coefficient (Wildman–Crippen LogP) is 3.60. The molecule has 0 spiro atoms. The number of carbonyl (C=O) groups excluding carboxylic acids is 2. The van der Waals surface area contributed by atoms with Crippen LogP contribution in [0.3, 0.4) is 0 Å². The third-order valence-electron chi connectivity index (χ3n) is 3.90. The van der Waals surface area contributed by atoms with Gasteiger partial charge >= 0.3 is 0 Å². The first kappa shape index (κ1) is 18.9. The number of pyridine rings is 1. The van der Waals surface area contributed by atoms with Gasteiger partial charge in [0.05, 0.1) is 19.9 Å². The molecule has 2 N–H and O–H groups in total. The number of anilines is 2. The summed E-state index contributed by atoms with van der Waals surface area (Å²) in [5.41, 5.74) is 1.32. The molecular formula is C21H19N3O4. The molecule has 0 saturated carbocycles. The Labute approximate surface area is 162 Å². The number of ether oxygens (including phenoxy) is 2. The van der Waals surface area contributed by atoms with Gasteiger partial charge < -0.3 is 20.1 Å². The van der Waals surface area contributed by atoms with Gasteiger partial charge in [-0.2, -0.15) is 0 Å². The summed E-state index contributed by atoms with van der Waals surface area (Å²) in [5.74, 6) is 0.277. The molecule has 7 nitrogen and oxygen atoms in total. The summed E-state index contributed by atoms with van der Waals surface area (Å²) in [6.07, 6.45) is 0. The first-order valence-corrected chi connectivity index (χ1v) is 8.47. The average molecular weight is 377 g/mol. The smallest absolute Gasteiger partial charge is 0.274 e. The van der Waals surface area contributed by atoms with E-state index in [1.54, 1.807) is 61.7 Å². The van der Waals surface area contributed by atoms with Crippen molar-refractivity contribution in [2.24, 2.45) is 0 Å². The van der Waals surface area contributed by atoms with E-state index < -0.39 is 11.8 Å². The zero-order valence-corrected chi connectivity index (χ0v) is 15.4. The van der Waals surface area contributed by atoms with Crippen LogP contribution in [0.15, 0.2) is 66.7 Å². The molecule has 7 heteroatoms. The fraction of sp³-hybridized carbons (Fsp3) is 0.0952. The number of nitrogens with zero attached hydrogens (tertiary/aromatic N) is 1. The first-order chi connectivity index (χ1) is 13.6. The summed E-state index contributed by atoms with van der Waals surface area (Å²) < 4.78 is 10.4. The minimum atomic E-state index is -0.444. The zero-order valence-electron chi connectivity index (χ0n) is 15.4. The lowest BCUT2D eigenvalue weighted by Crippen LogP contribution is -2.18. The fourth-order valence-electron chi connectivity index (χ4n) is 2.52. The molecule has 0 aliphatic heterocycles. The summed E-state index contributed by atoms with van der Waals surface area (Å²) in [4.78, 5) is 29.2. The maximum atomic E-state index is 12.5. The molecule has 0 bridgehead atoms. The number of amides is 2. The number of methoxy groups -OCH3 is 2. The standard InChI is InChI=1S/C21H19N3O4/c1-27-15-8-5-7-14(13-15)22-20(25)17-10-6-11-18(23-17)21(26)24-16-9-3-4-12-19(16)28-2/h3-13H,1-2H3,(H,22,25)(H,24,26). The van der Waals surface area contributed by atoms with Gasteiger partial charge in [-0.05, 0) is 36.4 Å². The van der Waals surface area contributed by atoms with E-state index in [-0.39, 0.29) is 11.4 Å². The van der Waals surface area contributed by atoms with Gasteiger partial charge in [-0.25, -0.2) is 4.98 Å². The van der Waals surface area contributed by atoms with Crippen LogP contribution >= 0.6 is 0 Å². The Balaban J connectivity index is 1.75. The molecule has 28 heavy (non-hydrogen) atoms. The van der Waals surface area contributed by atoms with E-state index in [0.717, 1.165) is 0 Å². The van der Waals surface area contributed by atoms with Crippen molar-refractivity contribution in [1.29, 1.82) is 0 Å². The van der Waals surface area contributed by atoms with Crippen molar-refractivity contribution < 1.29 is 19.1 Å². The number of hydrogen-bond donors (Lipinski definition) is 2. The minimum Gasteiger partial charge on any atom is -0.497 e. The summed E-state index contributed by atoms with van der Waals surface area (Å²) in [5, 5.41) is 5.47. The zero-order chi connectivity index (χ0) is 19.9. The van der Waals surface area contributed by atoms with Crippen molar-refractivity contribution in [3.63, 3.8) is 0 Å². The highest BCUT2D eigenvalue weighted by atomic mass is 16.5. The Hall–Kier alpha value is -3.87. The van der Waals surface area contributed by atoms with E-state index >= 15 is 0 Å². The lowest BCUT2D eigenvalue weighted by Gasteiger charge is -2.10. The molecule has 1 aromatic heterocycles. The summed E-state index contributed by atoms with van der Waals surface area (Å²) in [7, 11) is 3.07. The molecule has 0 unspecified atom stereocenters. The third kappa shape index (κ3) is 4.45. The van der Waals surface area contributed by atoms with E-state index in [1.807, 2.05) is 0 Å². The van der Waals surface area contributed by atoms with E-state index in [1.165, 1.54) is 19.2 Å². The Bertz CT molecular complexity index is 1000. The largest absolute Gasteiger partial charge is 0.497 e. The SMILES string of the molecule is COc1cccc(NC(=O)c2cccc(C(=O)Nc3ccccc3OC)n2)c1. The molecule has 2 aromatic carbocycles. The highest BCUT2D eigenvalue weighted by Gasteiger charge is 2.14. The molecule has 3 rings (SSSR count). The van der Waals surface area contributed by atoms with Crippen LogP contribution in [0.5, 0.6) is 11.5 Å². The number of carbonyl (C=O) groups is 2. The van der Waals surface area contributed by atoms with Crippen molar-refractivity contribution in [2.75, 3.05) is 24.9 Å². The Kier molecular flexibility index (Phi) is 5.86. The van der Waals surface area contributed by atoms with Crippen LogP contribution in [0.25, 0.3) is 0 Å². The van der Waals surface area contributed by atoms with Gasteiger partial charge in [0, 0.05) is 11.8 Å². The van der Waals surface area contributed by atoms with Crippen LogP contribution in [0.1, 0.15) is 21.0 Å². The number of benzene rings is 2. The van der Waals surface area contributed by atoms with Gasteiger partial charge in [-0.15, -0.1) is 0 Å². The fourth-order valence-corrected chi connectivity index (χ4v) is 2.52. The van der Waals surface area contributed by atoms with E-state index in [2.05, 4.69) is 15.6 Å². The van der Waals surface area contributed by atoms with Gasteiger partial charge in [0.25, 0.3) is 11.8 Å². The normalized spacial score (nSPS) is 10.1. The Morgan fingerprint density at radius 1 is 0.786 bits per heavy atom. The molecule has 0 saturated heterocycles. The summed E-state index contributed by atoms with van der Waals surface area (Å²) in [6, 6.07) is 18.7. The molecule has 0 radical (unpaired) electrons. The molecule has 0 aliphatic rings. The number of rotatable bonds is 6. The number of aromatic nitrogens is 1. The van der Waals surface area contributed by atoms with Crippen molar-refractivity contribution in [3.05, 3.63) is 78.1 Å². The van der Waals surface area contributed by atoms with Gasteiger partial charge in [0.15, 0.2) is 0 Å². The maximum Gasteiger partial charge on any atom is 0.274 e. The second kappa shape index (κ2) is 8.68. The van der Waals surface area contributed by atoms with Crippen molar-refractivity contribution in [3.8, 4) is 11.5 Å². The third-order valence-corrected chi connectivity index (χ3v) is 3.90. The van der Waals surface area contributed by atoms with Gasteiger partial charge in [-0.3, -0.25) is 9.59 Å². The topological polar surface area (TPSA) is 89.5 Å². The first-order valence-electron chi connectivity index (χ1n) is 8.47. The number of para-hydroxylation sites is 2. The van der Waals surface area contributed by atoms with E-state index in [4.69, 9.17) is 9.47 Å². The van der Waals surface area contributed by atoms with Crippen LogP contribution in [0.2, 0.25) is 0 Å². The van der Waals surface area contributed by atoms with E-state index in [0.29, 0.717) is 22.9 Å². The molecule has 2 amide bonds. The number of hydrogen-bond acceptors (Lipinski definition) is 5. The quantitative estimate of drug-likeness (QED) is 0.685. The predicted molar refractivity (Wildman–Crippen MR) is 106 cm³/mol. The van der Waals surface area contributed by atoms with Crippen LogP contribution in [0, 0.1) is 0 Å². The number of nitrogens with one attached hydrogen (secondary N) is 2. The molecule has 0 fully saturated rings. The van der Waals surface area contributed by atoms with Crippen molar-refractivity contribution >= 4 is 23.2 Å². The van der Waals surface area contributed by atoms with Crippen LogP contribution in [0.4, 0.5) is 11.4 Å². The van der Waals surface area contributed by atoms with Crippen molar-refractivity contribution in [2.45, 2.75) is 0 Å². The molecular weight excluding hydrogens is 358 g/mol. The molecule has 3 aromatic rings. The Morgan fingerprint density at radius 3 is 2.18 bits per heavy atom. The molecule has 1 heterocycles. The lowest BCUT2D eigenvalue weighted by atomic mass is 10.2. The second-order valence-electron chi connectivity index (χ2n) is 5.75. The lowest BCUT2D eigenvalue weighted by molar-refractivity contribution is 0.101. The molecule has 0 aliphatic carbocycles. The molecule has 142 valence electrons. The highest BCUT2D eigenvalue weighted by molar-refractivity contribution is 6.06. The van der Waals surface area contributed by atoms with Crippen LogP contribution < -0.4 is 20.1 Å². The van der Waals surface area contributed by atoms with Crippen LogP contribution in [-0.4, -0.2) is 31.0 Å². The molecule has 0 atom stereocenters. The monoisotopic (exact) mass is 377 g/mol. The maximum absolute atomic E-state index is 12.5. The van der Waals surface area contributed by atoms with E-state index in [9.17, 15) is 9.59 Å². The average Bonchev–Trinajstić information content (AvgIpc) is 2.74. The van der Waals surface area contributed by atoms with Crippen LogP contribution in [-0.2, 0) is 0 Å². The summed E-state index contributed by atoms with van der Waals surface area (Å²) >= 11 is 0. The van der Waals surface area contributed by atoms with Crippen molar-refractivity contribution in [1.82, 2.24) is 4.98 Å². The summed E-state index contributed by atoms with van der Waals surface area (Å²) in [6.45, 7) is 0. The van der Waals surface area contributed by atoms with Gasteiger partial charge in [-0.1, -0.05) is 24.3 Å².